The summed E-state index contributed by atoms with van der Waals surface area (Å²) in [5.41, 5.74) is 1.11. The highest BCUT2D eigenvalue weighted by molar-refractivity contribution is 8.26. The number of aromatic nitrogens is 2. The minimum Gasteiger partial charge on any atom is -0.437 e. The van der Waals surface area contributed by atoms with E-state index in [4.69, 9.17) is 28.6 Å². The third kappa shape index (κ3) is 4.35. The molecule has 0 radical (unpaired) electrons. The number of halogens is 1. The van der Waals surface area contributed by atoms with E-state index < -0.39 is 0 Å². The van der Waals surface area contributed by atoms with Crippen LogP contribution in [0.1, 0.15) is 11.1 Å². The van der Waals surface area contributed by atoms with E-state index in [9.17, 15) is 9.59 Å². The maximum absolute atomic E-state index is 13.4. The number of thiocarbonyl (C=S) groups is 1. The summed E-state index contributed by atoms with van der Waals surface area (Å²) in [6.45, 7) is 0.348. The Balaban J connectivity index is 1.58. The molecule has 6 nitrogen and oxygen atoms in total. The number of benzene rings is 2. The van der Waals surface area contributed by atoms with Crippen molar-refractivity contribution in [2.75, 3.05) is 0 Å². The van der Waals surface area contributed by atoms with Gasteiger partial charge in [-0.25, -0.2) is 0 Å². The van der Waals surface area contributed by atoms with Gasteiger partial charge in [-0.2, -0.15) is 4.98 Å². The summed E-state index contributed by atoms with van der Waals surface area (Å²) < 4.78 is 7.77. The summed E-state index contributed by atoms with van der Waals surface area (Å²) in [6.07, 6.45) is 3.10. The molecule has 1 aliphatic heterocycles. The van der Waals surface area contributed by atoms with Crippen LogP contribution < -0.4 is 10.3 Å². The number of hydrogen-bond acceptors (Lipinski definition) is 6. The van der Waals surface area contributed by atoms with E-state index in [1.165, 1.54) is 15.4 Å². The number of para-hydroxylation sites is 1. The van der Waals surface area contributed by atoms with Crippen molar-refractivity contribution in [3.05, 3.63) is 110 Å². The van der Waals surface area contributed by atoms with Crippen LogP contribution in [0.5, 0.6) is 11.6 Å². The minimum absolute atomic E-state index is 0.0534. The zero-order valence-electron chi connectivity index (χ0n) is 17.6. The number of rotatable bonds is 5. The number of hydrogen-bond donors (Lipinski definition) is 0. The quantitative estimate of drug-likeness (QED) is 0.262. The molecule has 0 saturated carbocycles. The van der Waals surface area contributed by atoms with Crippen LogP contribution in [-0.2, 0) is 11.3 Å². The predicted molar refractivity (Wildman–Crippen MR) is 138 cm³/mol. The average molecular weight is 506 g/mol. The van der Waals surface area contributed by atoms with Crippen LogP contribution in [-0.4, -0.2) is 24.5 Å². The van der Waals surface area contributed by atoms with Gasteiger partial charge in [-0.1, -0.05) is 84.1 Å². The zero-order valence-corrected chi connectivity index (χ0v) is 19.9. The van der Waals surface area contributed by atoms with Crippen molar-refractivity contribution in [3.63, 3.8) is 0 Å². The molecule has 9 heteroatoms. The Kier molecular flexibility index (Phi) is 6.19. The molecule has 0 N–H and O–H groups in total. The normalized spacial score (nSPS) is 14.9. The lowest BCUT2D eigenvalue weighted by Gasteiger charge is -2.14. The Morgan fingerprint density at radius 3 is 2.53 bits per heavy atom. The van der Waals surface area contributed by atoms with Crippen LogP contribution in [0.2, 0.25) is 5.02 Å². The molecule has 34 heavy (non-hydrogen) atoms. The maximum atomic E-state index is 13.4. The molecule has 1 amide bonds. The number of thioether (sulfide) groups is 1. The highest BCUT2D eigenvalue weighted by atomic mass is 35.5. The van der Waals surface area contributed by atoms with E-state index in [1.807, 2.05) is 30.3 Å². The molecule has 0 spiro atoms. The molecular weight excluding hydrogens is 490 g/mol. The predicted octanol–water partition coefficient (Wildman–Crippen LogP) is 5.54. The smallest absolute Gasteiger partial charge is 0.269 e. The molecule has 2 aromatic heterocycles. The average Bonchev–Trinajstić information content (AvgIpc) is 3.11. The van der Waals surface area contributed by atoms with Crippen molar-refractivity contribution in [1.82, 2.24) is 14.3 Å². The molecule has 0 unspecified atom stereocenters. The lowest BCUT2D eigenvalue weighted by Crippen LogP contribution is -2.27. The van der Waals surface area contributed by atoms with Gasteiger partial charge in [0.2, 0.25) is 5.88 Å². The van der Waals surface area contributed by atoms with Crippen molar-refractivity contribution in [2.24, 2.45) is 0 Å². The number of carbonyl (C=O) groups is 1. The van der Waals surface area contributed by atoms with Crippen molar-refractivity contribution < 1.29 is 9.53 Å². The summed E-state index contributed by atoms with van der Waals surface area (Å²) in [5, 5.41) is 0.373. The van der Waals surface area contributed by atoms with Crippen molar-refractivity contribution in [2.45, 2.75) is 6.54 Å². The van der Waals surface area contributed by atoms with Gasteiger partial charge in [0.15, 0.2) is 0 Å². The van der Waals surface area contributed by atoms with Crippen molar-refractivity contribution in [1.29, 1.82) is 0 Å². The molecule has 2 aromatic carbocycles. The molecule has 0 bridgehead atoms. The van der Waals surface area contributed by atoms with E-state index >= 15 is 0 Å². The van der Waals surface area contributed by atoms with Gasteiger partial charge in [-0.05, 0) is 35.9 Å². The highest BCUT2D eigenvalue weighted by Gasteiger charge is 2.33. The molecule has 1 fully saturated rings. The van der Waals surface area contributed by atoms with Gasteiger partial charge in [0.05, 0.1) is 16.5 Å². The Labute approximate surface area is 209 Å². The van der Waals surface area contributed by atoms with Gasteiger partial charge >= 0.3 is 0 Å². The van der Waals surface area contributed by atoms with Crippen molar-refractivity contribution >= 4 is 57.5 Å². The lowest BCUT2D eigenvalue weighted by atomic mass is 10.2. The summed E-state index contributed by atoms with van der Waals surface area (Å²) in [7, 11) is 0. The van der Waals surface area contributed by atoms with Crippen LogP contribution in [0.4, 0.5) is 0 Å². The Bertz CT molecular complexity index is 1520. The van der Waals surface area contributed by atoms with Crippen LogP contribution in [0.3, 0.4) is 0 Å². The number of fused-ring (bicyclic) bond motifs is 1. The molecule has 0 aliphatic carbocycles. The standard InChI is InChI=1S/C25H16ClN3O3S2/c26-18-10-4-5-11-19(18)32-22-17(23(30)28-13-7-6-12-21(28)27-22)14-20-24(31)29(25(33)34-20)15-16-8-2-1-3-9-16/h1-14H,15H2/b20-14+. The fraction of sp³-hybridized carbons (Fsp3) is 0.0400. The van der Waals surface area contributed by atoms with Crippen LogP contribution in [0.15, 0.2) is 88.7 Å². The van der Waals surface area contributed by atoms with E-state index in [0.717, 1.165) is 17.3 Å². The number of pyridine rings is 1. The Hall–Kier alpha value is -3.46. The number of carbonyl (C=O) groups excluding carboxylic acids is 1. The first kappa shape index (κ1) is 22.3. The van der Waals surface area contributed by atoms with Gasteiger partial charge in [-0.3, -0.25) is 18.9 Å². The highest BCUT2D eigenvalue weighted by Crippen LogP contribution is 2.35. The second kappa shape index (κ2) is 9.42. The van der Waals surface area contributed by atoms with E-state index in [0.29, 0.717) is 32.2 Å². The lowest BCUT2D eigenvalue weighted by molar-refractivity contribution is -0.122. The van der Waals surface area contributed by atoms with Crippen LogP contribution in [0, 0.1) is 0 Å². The van der Waals surface area contributed by atoms with E-state index in [-0.39, 0.29) is 22.9 Å². The molecule has 168 valence electrons. The molecule has 1 saturated heterocycles. The summed E-state index contributed by atoms with van der Waals surface area (Å²) in [6, 6.07) is 21.7. The third-order valence-corrected chi connectivity index (χ3v) is 6.80. The van der Waals surface area contributed by atoms with Gasteiger partial charge in [0.1, 0.15) is 21.3 Å². The number of ether oxygens (including phenoxy) is 1. The van der Waals surface area contributed by atoms with Gasteiger partial charge in [-0.15, -0.1) is 0 Å². The largest absolute Gasteiger partial charge is 0.437 e. The maximum Gasteiger partial charge on any atom is 0.269 e. The minimum atomic E-state index is -0.374. The fourth-order valence-electron chi connectivity index (χ4n) is 3.45. The Morgan fingerprint density at radius 2 is 1.74 bits per heavy atom. The van der Waals surface area contributed by atoms with Crippen LogP contribution >= 0.6 is 35.6 Å². The van der Waals surface area contributed by atoms with E-state index in [2.05, 4.69) is 4.98 Å². The van der Waals surface area contributed by atoms with Gasteiger partial charge in [0, 0.05) is 6.20 Å². The summed E-state index contributed by atoms with van der Waals surface area (Å²) in [4.78, 5) is 32.9. The zero-order chi connectivity index (χ0) is 23.7. The molecule has 3 heterocycles. The Morgan fingerprint density at radius 1 is 1.00 bits per heavy atom. The molecular formula is C25H16ClN3O3S2. The summed E-state index contributed by atoms with van der Waals surface area (Å²) in [5.74, 6) is 0.125. The first-order valence-electron chi connectivity index (χ1n) is 10.2. The SMILES string of the molecule is O=C1/C(=C\c2c(Oc3ccccc3Cl)nc3ccccn3c2=O)SC(=S)N1Cc1ccccc1. The second-order valence-electron chi connectivity index (χ2n) is 7.35. The van der Waals surface area contributed by atoms with Crippen molar-refractivity contribution in [3.8, 4) is 11.6 Å². The monoisotopic (exact) mass is 505 g/mol. The van der Waals surface area contributed by atoms with Gasteiger partial charge in [0.25, 0.3) is 11.5 Å². The van der Waals surface area contributed by atoms with E-state index in [1.54, 1.807) is 48.7 Å². The third-order valence-electron chi connectivity index (χ3n) is 5.11. The number of amides is 1. The molecule has 1 aliphatic rings. The topological polar surface area (TPSA) is 63.9 Å². The molecule has 4 aromatic rings. The van der Waals surface area contributed by atoms with Gasteiger partial charge < -0.3 is 4.74 Å². The second-order valence-corrected chi connectivity index (χ2v) is 9.43. The summed E-state index contributed by atoms with van der Waals surface area (Å²) >= 11 is 12.9. The molecule has 0 atom stereocenters. The first-order chi connectivity index (χ1) is 16.5. The molecule has 5 rings (SSSR count). The number of nitrogens with zero attached hydrogens (tertiary/aromatic N) is 3. The fourth-order valence-corrected chi connectivity index (χ4v) is 4.86. The first-order valence-corrected chi connectivity index (χ1v) is 11.8. The van der Waals surface area contributed by atoms with Crippen LogP contribution in [0.25, 0.3) is 11.7 Å².